The Morgan fingerprint density at radius 1 is 0.396 bits per heavy atom. The number of aromatic nitrogens is 3. The van der Waals surface area contributed by atoms with E-state index in [4.69, 9.17) is 16.8 Å². The lowest BCUT2D eigenvalue weighted by molar-refractivity contribution is 1.18. The van der Waals surface area contributed by atoms with Gasteiger partial charge >= 0.3 is 0 Å². The van der Waals surface area contributed by atoms with E-state index < -0.39 is 6.04 Å². The summed E-state index contributed by atoms with van der Waals surface area (Å²) >= 11 is 0. The first-order valence-electron chi connectivity index (χ1n) is 20.1. The van der Waals surface area contributed by atoms with Crippen molar-refractivity contribution in [3.05, 3.63) is 200 Å². The van der Waals surface area contributed by atoms with Crippen LogP contribution in [0.3, 0.4) is 0 Å². The molecule has 2 aromatic heterocycles. The zero-order valence-corrected chi connectivity index (χ0v) is 28.5. The minimum absolute atomic E-state index is 0.123. The van der Waals surface area contributed by atoms with E-state index in [1.807, 2.05) is 102 Å². The Hall–Kier alpha value is -7.10. The van der Waals surface area contributed by atoms with Gasteiger partial charge in [-0.05, 0) is 63.3 Å². The molecule has 0 spiro atoms. The molecule has 248 valence electrons. The van der Waals surface area contributed by atoms with Gasteiger partial charge < -0.3 is 4.57 Å². The third-order valence-corrected chi connectivity index (χ3v) is 9.94. The summed E-state index contributed by atoms with van der Waals surface area (Å²) in [7, 11) is 0. The molecule has 0 saturated carbocycles. The maximum atomic E-state index is 8.87. The van der Waals surface area contributed by atoms with Gasteiger partial charge in [0.1, 0.15) is 0 Å². The van der Waals surface area contributed by atoms with Crippen LogP contribution in [0, 0.1) is 0 Å². The number of rotatable bonds is 6. The summed E-state index contributed by atoms with van der Waals surface area (Å²) in [5.41, 5.74) is 10.4. The molecule has 10 aromatic rings. The van der Waals surface area contributed by atoms with Gasteiger partial charge in [0.25, 0.3) is 0 Å². The summed E-state index contributed by atoms with van der Waals surface area (Å²) in [5, 5.41) is 3.90. The predicted molar refractivity (Wildman–Crippen MR) is 221 cm³/mol. The van der Waals surface area contributed by atoms with Crippen molar-refractivity contribution >= 4 is 32.6 Å². The van der Waals surface area contributed by atoms with Crippen molar-refractivity contribution in [2.45, 2.75) is 0 Å². The molecule has 0 bridgehead atoms. The number of hydrogen-bond acceptors (Lipinski definition) is 2. The van der Waals surface area contributed by atoms with Gasteiger partial charge in [-0.15, -0.1) is 0 Å². The van der Waals surface area contributed by atoms with Crippen molar-refractivity contribution in [2.24, 2.45) is 0 Å². The Bertz CT molecular complexity index is 3190. The second-order valence-electron chi connectivity index (χ2n) is 13.0. The first-order chi connectivity index (χ1) is 28.4. The fraction of sp³-hybridized carbons (Fsp3) is 0. The molecule has 0 aliphatic carbocycles. The number of fused-ring (bicyclic) bond motifs is 4. The second-order valence-corrected chi connectivity index (χ2v) is 13.0. The van der Waals surface area contributed by atoms with Crippen molar-refractivity contribution in [1.82, 2.24) is 14.5 Å². The molecular formula is C50H33N3. The molecule has 0 unspecified atom stereocenters. The maximum absolute atomic E-state index is 8.87. The average molecular weight is 681 g/mol. The molecule has 0 atom stereocenters. The highest BCUT2D eigenvalue weighted by molar-refractivity contribution is 6.18. The van der Waals surface area contributed by atoms with E-state index in [1.54, 1.807) is 0 Å². The summed E-state index contributed by atoms with van der Waals surface area (Å²) in [6.07, 6.45) is 0. The average Bonchev–Trinajstić information content (AvgIpc) is 3.62. The molecule has 8 aromatic carbocycles. The van der Waals surface area contributed by atoms with Gasteiger partial charge in [-0.1, -0.05) is 170 Å². The second kappa shape index (κ2) is 12.9. The smallest absolute Gasteiger partial charge is 0.160 e. The van der Waals surface area contributed by atoms with Gasteiger partial charge in [-0.25, -0.2) is 9.97 Å². The molecule has 0 fully saturated rings. The van der Waals surface area contributed by atoms with E-state index in [0.717, 1.165) is 82.9 Å². The first-order valence-corrected chi connectivity index (χ1v) is 17.6. The van der Waals surface area contributed by atoms with Gasteiger partial charge in [-0.3, -0.25) is 0 Å². The van der Waals surface area contributed by atoms with Gasteiger partial charge in [0.05, 0.1) is 29.3 Å². The zero-order chi connectivity index (χ0) is 39.5. The fourth-order valence-corrected chi connectivity index (χ4v) is 7.51. The van der Waals surface area contributed by atoms with Crippen LogP contribution in [0.2, 0.25) is 0 Å². The molecular weight excluding hydrogens is 643 g/mol. The molecule has 53 heavy (non-hydrogen) atoms. The van der Waals surface area contributed by atoms with Crippen LogP contribution >= 0.6 is 0 Å². The van der Waals surface area contributed by atoms with Crippen molar-refractivity contribution in [2.75, 3.05) is 0 Å². The highest BCUT2D eigenvalue weighted by Crippen LogP contribution is 2.42. The Morgan fingerprint density at radius 3 is 1.72 bits per heavy atom. The molecule has 0 aliphatic rings. The third kappa shape index (κ3) is 5.38. The summed E-state index contributed by atoms with van der Waals surface area (Å²) < 4.78 is 44.7. The summed E-state index contributed by atoms with van der Waals surface area (Å²) in [5.74, 6) is 0.638. The van der Waals surface area contributed by atoms with Crippen LogP contribution in [0.4, 0.5) is 0 Å². The van der Waals surface area contributed by atoms with Crippen LogP contribution in [-0.2, 0) is 0 Å². The molecule has 0 radical (unpaired) electrons. The summed E-state index contributed by atoms with van der Waals surface area (Å²) in [6, 6.07) is 55.8. The van der Waals surface area contributed by atoms with Crippen LogP contribution in [0.15, 0.2) is 200 Å². The van der Waals surface area contributed by atoms with Crippen molar-refractivity contribution in [1.29, 1.82) is 0 Å². The molecule has 0 N–H and O–H groups in total. The predicted octanol–water partition coefficient (Wildman–Crippen LogP) is 13.1. The van der Waals surface area contributed by atoms with E-state index in [-0.39, 0.29) is 29.9 Å². The van der Waals surface area contributed by atoms with Crippen molar-refractivity contribution in [3.8, 4) is 61.8 Å². The Balaban J connectivity index is 1.17. The topological polar surface area (TPSA) is 30.7 Å². The summed E-state index contributed by atoms with van der Waals surface area (Å²) in [4.78, 5) is 10.3. The minimum Gasteiger partial charge on any atom is -0.309 e. The zero-order valence-electron chi connectivity index (χ0n) is 33.5. The minimum atomic E-state index is -0.417. The SMILES string of the molecule is [2H]c1c([2H])c([2H])c(-n2c3ccccc3c3c(-c4ccc(-c5cc(-c6ccc(-c7ccccc7)cc6)nc(-c6ccccc6)n5)c5ccccc45)cccc32)c([2H])c1[2H]. The fourth-order valence-electron chi connectivity index (χ4n) is 7.51. The van der Waals surface area contributed by atoms with E-state index in [1.165, 1.54) is 0 Å². The van der Waals surface area contributed by atoms with Crippen LogP contribution in [-0.4, -0.2) is 14.5 Å². The number of nitrogens with zero attached hydrogens (tertiary/aromatic N) is 3. The molecule has 2 heterocycles. The molecule has 0 amide bonds. The Kier molecular flexibility index (Phi) is 6.28. The molecule has 3 heteroatoms. The maximum Gasteiger partial charge on any atom is 0.160 e. The third-order valence-electron chi connectivity index (χ3n) is 9.94. The standard InChI is InChI=1S/C50H33N3/c1-4-15-34(16-5-1)35-27-29-36(30-28-35)45-33-46(52-50(51-45)37-17-6-2-7-18-37)42-32-31-41(39-21-10-11-22-40(39)42)43-24-14-26-48-49(43)44-23-12-13-25-47(44)53(48)38-19-8-3-9-20-38/h1-33H/i3D,8D,9D,19D,20D. The number of hydrogen-bond donors (Lipinski definition) is 0. The van der Waals surface area contributed by atoms with E-state index in [2.05, 4.69) is 72.8 Å². The van der Waals surface area contributed by atoms with Gasteiger partial charge in [0.15, 0.2) is 5.82 Å². The van der Waals surface area contributed by atoms with Crippen LogP contribution < -0.4 is 0 Å². The normalized spacial score (nSPS) is 12.7. The first kappa shape index (κ1) is 25.8. The van der Waals surface area contributed by atoms with Gasteiger partial charge in [-0.2, -0.15) is 0 Å². The number of para-hydroxylation sites is 2. The molecule has 0 aliphatic heterocycles. The lowest BCUT2D eigenvalue weighted by atomic mass is 9.91. The van der Waals surface area contributed by atoms with E-state index >= 15 is 0 Å². The highest BCUT2D eigenvalue weighted by Gasteiger charge is 2.19. The lowest BCUT2D eigenvalue weighted by Gasteiger charge is -2.15. The quantitative estimate of drug-likeness (QED) is 0.175. The van der Waals surface area contributed by atoms with E-state index in [0.29, 0.717) is 5.82 Å². The van der Waals surface area contributed by atoms with Crippen molar-refractivity contribution in [3.63, 3.8) is 0 Å². The lowest BCUT2D eigenvalue weighted by Crippen LogP contribution is -1.97. The molecule has 10 rings (SSSR count). The number of benzene rings is 8. The Morgan fingerprint density at radius 2 is 0.962 bits per heavy atom. The van der Waals surface area contributed by atoms with Crippen LogP contribution in [0.25, 0.3) is 94.4 Å². The molecule has 0 saturated heterocycles. The molecule has 3 nitrogen and oxygen atoms in total. The monoisotopic (exact) mass is 680 g/mol. The van der Waals surface area contributed by atoms with Gasteiger partial charge in [0, 0.05) is 33.2 Å². The largest absolute Gasteiger partial charge is 0.309 e. The van der Waals surface area contributed by atoms with Crippen LogP contribution in [0.1, 0.15) is 6.85 Å². The van der Waals surface area contributed by atoms with Crippen molar-refractivity contribution < 1.29 is 6.85 Å². The Labute approximate surface area is 315 Å². The van der Waals surface area contributed by atoms with E-state index in [9.17, 15) is 0 Å². The van der Waals surface area contributed by atoms with Crippen LogP contribution in [0.5, 0.6) is 0 Å². The highest BCUT2D eigenvalue weighted by atomic mass is 15.0. The summed E-state index contributed by atoms with van der Waals surface area (Å²) in [6.45, 7) is 0. The van der Waals surface area contributed by atoms with Gasteiger partial charge in [0.2, 0.25) is 0 Å².